The summed E-state index contributed by atoms with van der Waals surface area (Å²) in [6.45, 7) is 0.234. The smallest absolute Gasteiger partial charge is 0.331 e. The van der Waals surface area contributed by atoms with Crippen molar-refractivity contribution in [3.05, 3.63) is 83.9 Å². The lowest BCUT2D eigenvalue weighted by Gasteiger charge is -2.26. The molecular formula is C25H25FO6. The van der Waals surface area contributed by atoms with Crippen molar-refractivity contribution >= 4 is 24.1 Å². The summed E-state index contributed by atoms with van der Waals surface area (Å²) in [7, 11) is 0. The van der Waals surface area contributed by atoms with Crippen LogP contribution in [0.25, 0.3) is 12.2 Å². The molecule has 1 N–H and O–H groups in total. The third-order valence-corrected chi connectivity index (χ3v) is 5.08. The molecule has 0 aromatic heterocycles. The van der Waals surface area contributed by atoms with Crippen LogP contribution >= 0.6 is 0 Å². The molecule has 0 amide bonds. The van der Waals surface area contributed by atoms with Crippen LogP contribution in [0.3, 0.4) is 0 Å². The largest absolute Gasteiger partial charge is 0.460 e. The number of esters is 2. The molecule has 1 aliphatic rings. The van der Waals surface area contributed by atoms with Crippen LogP contribution in [0.4, 0.5) is 4.39 Å². The molecule has 2 aromatic rings. The minimum atomic E-state index is -2.16. The first-order chi connectivity index (χ1) is 15.4. The van der Waals surface area contributed by atoms with Crippen LogP contribution in [0, 0.1) is 0 Å². The average molecular weight is 440 g/mol. The van der Waals surface area contributed by atoms with E-state index in [9.17, 15) is 14.7 Å². The molecule has 1 aliphatic heterocycles. The second-order valence-corrected chi connectivity index (χ2v) is 7.47. The van der Waals surface area contributed by atoms with Gasteiger partial charge in [0.1, 0.15) is 18.8 Å². The van der Waals surface area contributed by atoms with E-state index >= 15 is 4.39 Å². The zero-order valence-corrected chi connectivity index (χ0v) is 17.6. The fraction of sp³-hybridized carbons (Fsp3) is 0.280. The molecule has 1 heterocycles. The van der Waals surface area contributed by atoms with Crippen molar-refractivity contribution in [1.29, 1.82) is 0 Å². The molecule has 0 bridgehead atoms. The van der Waals surface area contributed by atoms with Crippen molar-refractivity contribution in [2.24, 2.45) is 0 Å². The maximum absolute atomic E-state index is 15.3. The molecule has 0 saturated carbocycles. The highest BCUT2D eigenvalue weighted by Gasteiger charge is 2.56. The number of halogens is 1. The molecule has 0 aliphatic carbocycles. The van der Waals surface area contributed by atoms with E-state index in [1.54, 1.807) is 24.3 Å². The van der Waals surface area contributed by atoms with E-state index in [2.05, 4.69) is 0 Å². The van der Waals surface area contributed by atoms with E-state index in [0.29, 0.717) is 0 Å². The number of rotatable bonds is 8. The van der Waals surface area contributed by atoms with Crippen LogP contribution in [-0.2, 0) is 23.8 Å². The van der Waals surface area contributed by atoms with E-state index < -0.39 is 42.5 Å². The van der Waals surface area contributed by atoms with Gasteiger partial charge in [-0.15, -0.1) is 0 Å². The summed E-state index contributed by atoms with van der Waals surface area (Å²) in [6, 6.07) is 18.2. The van der Waals surface area contributed by atoms with E-state index in [1.807, 2.05) is 48.5 Å². The third-order valence-electron chi connectivity index (χ3n) is 5.08. The molecule has 7 heteroatoms. The number of hydrogen-bond acceptors (Lipinski definition) is 6. The molecule has 1 fully saturated rings. The molecule has 6 nitrogen and oxygen atoms in total. The fourth-order valence-electron chi connectivity index (χ4n) is 3.34. The number of ether oxygens (including phenoxy) is 3. The van der Waals surface area contributed by atoms with E-state index in [4.69, 9.17) is 14.2 Å². The number of aliphatic hydroxyl groups excluding tert-OH is 1. The highest BCUT2D eigenvalue weighted by Crippen LogP contribution is 2.37. The first-order valence-electron chi connectivity index (χ1n) is 10.2. The summed E-state index contributed by atoms with van der Waals surface area (Å²) in [5, 5.41) is 9.47. The highest BCUT2D eigenvalue weighted by molar-refractivity contribution is 5.87. The SMILES string of the molecule is C[C@]1(F)C(CO)O[C@H](COC(=O)/C=C/c2ccccc2)[C@H]1OC(=O)/C=C/c1ccccc1. The van der Waals surface area contributed by atoms with E-state index in [0.717, 1.165) is 11.1 Å². The van der Waals surface area contributed by atoms with Gasteiger partial charge in [0.15, 0.2) is 11.8 Å². The van der Waals surface area contributed by atoms with Crippen molar-refractivity contribution in [3.8, 4) is 0 Å². The Morgan fingerprint density at radius 2 is 1.53 bits per heavy atom. The van der Waals surface area contributed by atoms with Crippen molar-refractivity contribution in [2.75, 3.05) is 13.2 Å². The Kier molecular flexibility index (Phi) is 7.92. The van der Waals surface area contributed by atoms with Crippen LogP contribution in [0.2, 0.25) is 0 Å². The Balaban J connectivity index is 1.62. The molecule has 3 rings (SSSR count). The Labute approximate surface area is 185 Å². The monoisotopic (exact) mass is 440 g/mol. The van der Waals surface area contributed by atoms with Gasteiger partial charge in [0.05, 0.1) is 6.61 Å². The summed E-state index contributed by atoms with van der Waals surface area (Å²) >= 11 is 0. The minimum Gasteiger partial charge on any atom is -0.460 e. The average Bonchev–Trinajstić information content (AvgIpc) is 3.05. The molecule has 32 heavy (non-hydrogen) atoms. The first-order valence-corrected chi connectivity index (χ1v) is 10.2. The molecule has 168 valence electrons. The number of carbonyl (C=O) groups is 2. The molecule has 2 aromatic carbocycles. The quantitative estimate of drug-likeness (QED) is 0.501. The lowest BCUT2D eigenvalue weighted by molar-refractivity contribution is -0.155. The van der Waals surface area contributed by atoms with Crippen LogP contribution in [0.5, 0.6) is 0 Å². The van der Waals surface area contributed by atoms with Gasteiger partial charge in [-0.3, -0.25) is 0 Å². The summed E-state index contributed by atoms with van der Waals surface area (Å²) in [4.78, 5) is 24.3. The molecule has 1 saturated heterocycles. The number of carbonyl (C=O) groups excluding carboxylic acids is 2. The van der Waals surface area contributed by atoms with Gasteiger partial charge in [-0.25, -0.2) is 14.0 Å². The number of aliphatic hydroxyl groups is 1. The normalized spacial score (nSPS) is 25.3. The molecule has 4 atom stereocenters. The molecule has 0 radical (unpaired) electrons. The summed E-state index contributed by atoms with van der Waals surface area (Å²) in [5.74, 6) is -1.43. The van der Waals surface area contributed by atoms with Crippen LogP contribution in [0.15, 0.2) is 72.8 Å². The second kappa shape index (κ2) is 10.8. The number of alkyl halides is 1. The summed E-state index contributed by atoms with van der Waals surface area (Å²) in [5.41, 5.74) is -0.573. The first kappa shape index (κ1) is 23.4. The number of hydrogen-bond donors (Lipinski definition) is 1. The Morgan fingerprint density at radius 3 is 2.06 bits per heavy atom. The Morgan fingerprint density at radius 1 is 1.00 bits per heavy atom. The van der Waals surface area contributed by atoms with Crippen molar-refractivity contribution in [3.63, 3.8) is 0 Å². The van der Waals surface area contributed by atoms with Gasteiger partial charge in [0.2, 0.25) is 0 Å². The van der Waals surface area contributed by atoms with Gasteiger partial charge in [0, 0.05) is 12.2 Å². The van der Waals surface area contributed by atoms with Crippen LogP contribution in [-0.4, -0.2) is 54.2 Å². The zero-order valence-electron chi connectivity index (χ0n) is 17.6. The highest BCUT2D eigenvalue weighted by atomic mass is 19.1. The molecular weight excluding hydrogens is 415 g/mol. The lowest BCUT2D eigenvalue weighted by atomic mass is 9.95. The zero-order chi connectivity index (χ0) is 23.0. The van der Waals surface area contributed by atoms with Gasteiger partial charge in [0.25, 0.3) is 0 Å². The van der Waals surface area contributed by atoms with E-state index in [-0.39, 0.29) is 6.61 Å². The van der Waals surface area contributed by atoms with Gasteiger partial charge in [-0.2, -0.15) is 0 Å². The van der Waals surface area contributed by atoms with Crippen molar-refractivity contribution in [1.82, 2.24) is 0 Å². The van der Waals surface area contributed by atoms with Gasteiger partial charge in [-0.05, 0) is 30.2 Å². The van der Waals surface area contributed by atoms with Gasteiger partial charge >= 0.3 is 11.9 Å². The van der Waals surface area contributed by atoms with Crippen molar-refractivity contribution in [2.45, 2.75) is 30.9 Å². The van der Waals surface area contributed by atoms with Gasteiger partial charge < -0.3 is 19.3 Å². The lowest BCUT2D eigenvalue weighted by Crippen LogP contribution is -2.46. The summed E-state index contributed by atoms with van der Waals surface area (Å²) < 4.78 is 31.2. The minimum absolute atomic E-state index is 0.339. The predicted octanol–water partition coefficient (Wildman–Crippen LogP) is 3.36. The third kappa shape index (κ3) is 6.12. The maximum Gasteiger partial charge on any atom is 0.331 e. The van der Waals surface area contributed by atoms with Crippen LogP contribution < -0.4 is 0 Å². The Bertz CT molecular complexity index is 955. The van der Waals surface area contributed by atoms with Gasteiger partial charge in [-0.1, -0.05) is 60.7 Å². The summed E-state index contributed by atoms with van der Waals surface area (Å²) in [6.07, 6.45) is 1.90. The second-order valence-electron chi connectivity index (χ2n) is 7.47. The molecule has 0 spiro atoms. The standard InChI is InChI=1S/C25H25FO6/c1-25(26)21(16-27)31-20(17-30-22(28)14-12-18-8-4-2-5-9-18)24(25)32-23(29)15-13-19-10-6-3-7-11-19/h2-15,20-21,24,27H,16-17H2,1H3/b14-12+,15-13+/t20-,21?,24-,25+/m1/s1. The Hall–Kier alpha value is -3.29. The predicted molar refractivity (Wildman–Crippen MR) is 117 cm³/mol. The van der Waals surface area contributed by atoms with Crippen molar-refractivity contribution < 1.29 is 33.3 Å². The topological polar surface area (TPSA) is 82.1 Å². The maximum atomic E-state index is 15.3. The molecule has 1 unspecified atom stereocenters. The number of benzene rings is 2. The fourth-order valence-corrected chi connectivity index (χ4v) is 3.34. The van der Waals surface area contributed by atoms with E-state index in [1.165, 1.54) is 19.1 Å². The van der Waals surface area contributed by atoms with Crippen LogP contribution in [0.1, 0.15) is 18.1 Å².